The van der Waals surface area contributed by atoms with Crippen molar-refractivity contribution < 1.29 is 14.7 Å². The molecule has 16 heavy (non-hydrogen) atoms. The molecule has 1 aromatic carbocycles. The van der Waals surface area contributed by atoms with E-state index in [1.807, 2.05) is 0 Å². The molecule has 0 unspecified atom stereocenters. The topological polar surface area (TPSA) is 92.4 Å². The van der Waals surface area contributed by atoms with Crippen molar-refractivity contribution in [1.29, 1.82) is 0 Å². The minimum absolute atomic E-state index is 0.0656. The number of carbonyl (C=O) groups excluding carboxylic acids is 1. The molecule has 1 aromatic rings. The Hall–Kier alpha value is -1.59. The maximum absolute atomic E-state index is 11.3. The van der Waals surface area contributed by atoms with Crippen LogP contribution < -0.4 is 11.1 Å². The van der Waals surface area contributed by atoms with E-state index in [1.165, 1.54) is 25.1 Å². The van der Waals surface area contributed by atoms with Crippen molar-refractivity contribution in [3.05, 3.63) is 28.8 Å². The van der Waals surface area contributed by atoms with Gasteiger partial charge in [-0.25, -0.2) is 4.79 Å². The third-order valence-corrected chi connectivity index (χ3v) is 2.21. The monoisotopic (exact) mass is 242 g/mol. The second-order valence-corrected chi connectivity index (χ2v) is 3.68. The summed E-state index contributed by atoms with van der Waals surface area (Å²) >= 11 is 5.67. The number of carboxylic acids is 1. The van der Waals surface area contributed by atoms with Gasteiger partial charge in [-0.05, 0) is 25.1 Å². The molecular weight excluding hydrogens is 232 g/mol. The number of hydrogen-bond donors (Lipinski definition) is 3. The van der Waals surface area contributed by atoms with Crippen molar-refractivity contribution in [3.8, 4) is 0 Å². The summed E-state index contributed by atoms with van der Waals surface area (Å²) in [5, 5.41) is 11.4. The molecule has 0 aliphatic heterocycles. The highest BCUT2D eigenvalue weighted by Gasteiger charge is 2.12. The lowest BCUT2D eigenvalue weighted by atomic mass is 10.2. The Balaban J connectivity index is 2.95. The van der Waals surface area contributed by atoms with Gasteiger partial charge in [0.1, 0.15) is 0 Å². The van der Waals surface area contributed by atoms with E-state index in [-0.39, 0.29) is 10.6 Å². The Labute approximate surface area is 97.2 Å². The summed E-state index contributed by atoms with van der Waals surface area (Å²) in [5.41, 5.74) is 5.64. The Morgan fingerprint density at radius 3 is 2.62 bits per heavy atom. The summed E-state index contributed by atoms with van der Waals surface area (Å²) in [6.07, 6.45) is 0. The minimum Gasteiger partial charge on any atom is -0.478 e. The number of nitrogens with two attached hydrogens (primary N) is 1. The highest BCUT2D eigenvalue weighted by molar-refractivity contribution is 6.33. The Morgan fingerprint density at radius 1 is 1.50 bits per heavy atom. The summed E-state index contributed by atoms with van der Waals surface area (Å²) in [6, 6.07) is 3.53. The van der Waals surface area contributed by atoms with E-state index < -0.39 is 17.9 Å². The fraction of sp³-hybridized carbons (Fsp3) is 0.200. The SMILES string of the molecule is C[C@H](N)C(=O)Nc1ccc(Cl)c(C(=O)O)c1. The number of benzene rings is 1. The normalized spacial score (nSPS) is 11.9. The lowest BCUT2D eigenvalue weighted by Gasteiger charge is -2.08. The number of rotatable bonds is 3. The van der Waals surface area contributed by atoms with Gasteiger partial charge in [-0.1, -0.05) is 11.6 Å². The molecule has 0 fully saturated rings. The molecule has 0 radical (unpaired) electrons. The van der Waals surface area contributed by atoms with Crippen molar-refractivity contribution in [1.82, 2.24) is 0 Å². The quantitative estimate of drug-likeness (QED) is 0.745. The number of aromatic carboxylic acids is 1. The van der Waals surface area contributed by atoms with Crippen LogP contribution in [0.3, 0.4) is 0 Å². The van der Waals surface area contributed by atoms with Gasteiger partial charge in [0.25, 0.3) is 0 Å². The van der Waals surface area contributed by atoms with Crippen LogP contribution in [0.1, 0.15) is 17.3 Å². The maximum Gasteiger partial charge on any atom is 0.337 e. The van der Waals surface area contributed by atoms with E-state index in [1.54, 1.807) is 0 Å². The number of hydrogen-bond acceptors (Lipinski definition) is 3. The zero-order valence-corrected chi connectivity index (χ0v) is 9.28. The molecule has 0 spiro atoms. The van der Waals surface area contributed by atoms with Gasteiger partial charge < -0.3 is 16.2 Å². The van der Waals surface area contributed by atoms with Crippen LogP contribution in [0.25, 0.3) is 0 Å². The Bertz CT molecular complexity index is 432. The van der Waals surface area contributed by atoms with Crippen LogP contribution in [-0.4, -0.2) is 23.0 Å². The van der Waals surface area contributed by atoms with E-state index in [9.17, 15) is 9.59 Å². The van der Waals surface area contributed by atoms with Crippen molar-refractivity contribution in [2.75, 3.05) is 5.32 Å². The molecule has 0 aliphatic carbocycles. The van der Waals surface area contributed by atoms with Gasteiger partial charge in [-0.15, -0.1) is 0 Å². The molecule has 0 heterocycles. The van der Waals surface area contributed by atoms with E-state index in [4.69, 9.17) is 22.4 Å². The van der Waals surface area contributed by atoms with Crippen LogP contribution >= 0.6 is 11.6 Å². The van der Waals surface area contributed by atoms with Crippen molar-refractivity contribution >= 4 is 29.2 Å². The molecule has 0 aromatic heterocycles. The zero-order valence-electron chi connectivity index (χ0n) is 8.53. The first-order valence-corrected chi connectivity index (χ1v) is 4.89. The zero-order chi connectivity index (χ0) is 12.3. The molecule has 0 saturated carbocycles. The van der Waals surface area contributed by atoms with Crippen LogP contribution in [-0.2, 0) is 4.79 Å². The molecule has 0 bridgehead atoms. The van der Waals surface area contributed by atoms with Crippen molar-refractivity contribution in [2.45, 2.75) is 13.0 Å². The van der Waals surface area contributed by atoms with Crippen LogP contribution in [0.2, 0.25) is 5.02 Å². The third-order valence-electron chi connectivity index (χ3n) is 1.88. The largest absolute Gasteiger partial charge is 0.478 e. The van der Waals surface area contributed by atoms with Gasteiger partial charge in [-0.2, -0.15) is 0 Å². The molecular formula is C10H11ClN2O3. The second-order valence-electron chi connectivity index (χ2n) is 3.28. The lowest BCUT2D eigenvalue weighted by molar-refractivity contribution is -0.117. The average Bonchev–Trinajstić information content (AvgIpc) is 2.20. The summed E-state index contributed by atoms with van der Waals surface area (Å²) in [6.45, 7) is 1.53. The molecule has 0 aliphatic rings. The average molecular weight is 243 g/mol. The molecule has 1 amide bonds. The predicted octanol–water partition coefficient (Wildman–Crippen LogP) is 1.32. The maximum atomic E-state index is 11.3. The van der Waals surface area contributed by atoms with Gasteiger partial charge in [0.15, 0.2) is 0 Å². The summed E-state index contributed by atoms with van der Waals surface area (Å²) in [7, 11) is 0. The summed E-state index contributed by atoms with van der Waals surface area (Å²) in [5.74, 6) is -1.54. The number of nitrogens with one attached hydrogen (secondary N) is 1. The van der Waals surface area contributed by atoms with E-state index in [2.05, 4.69) is 5.32 Å². The molecule has 4 N–H and O–H groups in total. The van der Waals surface area contributed by atoms with Crippen LogP contribution in [0.4, 0.5) is 5.69 Å². The highest BCUT2D eigenvalue weighted by atomic mass is 35.5. The Morgan fingerprint density at radius 2 is 2.12 bits per heavy atom. The first-order valence-electron chi connectivity index (χ1n) is 4.51. The standard InChI is InChI=1S/C10H11ClN2O3/c1-5(12)9(14)13-6-2-3-8(11)7(4-6)10(15)16/h2-5H,12H2,1H3,(H,13,14)(H,15,16)/t5-/m0/s1. The number of anilines is 1. The third kappa shape index (κ3) is 2.95. The molecule has 1 rings (SSSR count). The fourth-order valence-corrected chi connectivity index (χ4v) is 1.22. The van der Waals surface area contributed by atoms with Crippen molar-refractivity contribution in [3.63, 3.8) is 0 Å². The Kier molecular flexibility index (Phi) is 3.87. The second kappa shape index (κ2) is 4.96. The molecule has 1 atom stereocenters. The van der Waals surface area contributed by atoms with Crippen LogP contribution in [0.5, 0.6) is 0 Å². The van der Waals surface area contributed by atoms with Crippen LogP contribution in [0, 0.1) is 0 Å². The first-order chi connectivity index (χ1) is 7.41. The molecule has 0 saturated heterocycles. The van der Waals surface area contributed by atoms with Crippen LogP contribution in [0.15, 0.2) is 18.2 Å². The fourth-order valence-electron chi connectivity index (χ4n) is 1.02. The van der Waals surface area contributed by atoms with Gasteiger partial charge in [0.05, 0.1) is 16.6 Å². The van der Waals surface area contributed by atoms with E-state index >= 15 is 0 Å². The molecule has 5 nitrogen and oxygen atoms in total. The summed E-state index contributed by atoms with van der Waals surface area (Å²) < 4.78 is 0. The van der Waals surface area contributed by atoms with E-state index in [0.717, 1.165) is 0 Å². The highest BCUT2D eigenvalue weighted by Crippen LogP contribution is 2.20. The summed E-state index contributed by atoms with van der Waals surface area (Å²) in [4.78, 5) is 22.0. The van der Waals surface area contributed by atoms with Crippen molar-refractivity contribution in [2.24, 2.45) is 5.73 Å². The van der Waals surface area contributed by atoms with Gasteiger partial charge in [0.2, 0.25) is 5.91 Å². The smallest absolute Gasteiger partial charge is 0.337 e. The first kappa shape index (κ1) is 12.5. The number of amides is 1. The number of halogens is 1. The predicted molar refractivity (Wildman–Crippen MR) is 60.7 cm³/mol. The molecule has 86 valence electrons. The molecule has 6 heteroatoms. The van der Waals surface area contributed by atoms with E-state index in [0.29, 0.717) is 5.69 Å². The van der Waals surface area contributed by atoms with Gasteiger partial charge >= 0.3 is 5.97 Å². The van der Waals surface area contributed by atoms with Gasteiger partial charge in [-0.3, -0.25) is 4.79 Å². The number of carboxylic acid groups (broad SMARTS) is 1. The van der Waals surface area contributed by atoms with Gasteiger partial charge in [0, 0.05) is 5.69 Å². The minimum atomic E-state index is -1.15. The number of carbonyl (C=O) groups is 2. The lowest BCUT2D eigenvalue weighted by Crippen LogP contribution is -2.32.